The van der Waals surface area contributed by atoms with Gasteiger partial charge in [-0.15, -0.1) is 0 Å². The Labute approximate surface area is 148 Å². The average molecular weight is 356 g/mol. The van der Waals surface area contributed by atoms with Gasteiger partial charge in [0.25, 0.3) is 5.91 Å². The van der Waals surface area contributed by atoms with Crippen molar-refractivity contribution in [2.24, 2.45) is 0 Å². The van der Waals surface area contributed by atoms with E-state index in [1.807, 2.05) is 0 Å². The van der Waals surface area contributed by atoms with Gasteiger partial charge in [-0.05, 0) is 36.4 Å². The van der Waals surface area contributed by atoms with Crippen LogP contribution < -0.4 is 10.6 Å². The van der Waals surface area contributed by atoms with Gasteiger partial charge in [0.05, 0.1) is 17.7 Å². The van der Waals surface area contributed by atoms with Crippen LogP contribution in [0.25, 0.3) is 0 Å². The molecule has 8 heteroatoms. The summed E-state index contributed by atoms with van der Waals surface area (Å²) >= 11 is 0. The van der Waals surface area contributed by atoms with Crippen LogP contribution in [0.1, 0.15) is 33.6 Å². The largest absolute Gasteiger partial charge is 0.481 e. The molecule has 2 rings (SSSR count). The molecule has 8 nitrogen and oxygen atoms in total. The zero-order chi connectivity index (χ0) is 19.1. The molecule has 0 atom stereocenters. The number of benzene rings is 2. The van der Waals surface area contributed by atoms with Crippen molar-refractivity contribution in [1.29, 1.82) is 0 Å². The van der Waals surface area contributed by atoms with Crippen molar-refractivity contribution in [3.05, 3.63) is 59.7 Å². The van der Waals surface area contributed by atoms with Gasteiger partial charge in [-0.25, -0.2) is 4.79 Å². The average Bonchev–Trinajstić information content (AvgIpc) is 2.61. The standard InChI is InChI=1S/C18H16N2O6/c21-15(9-10-16(22)23)19-12-7-5-11(6-8-12)17(24)20-14-4-2-1-3-13(14)18(25)26/h1-8H,9-10H2,(H,19,21)(H,20,24)(H,22,23)(H,25,26). The predicted octanol–water partition coefficient (Wildman–Crippen LogP) is 2.44. The van der Waals surface area contributed by atoms with Crippen molar-refractivity contribution in [3.63, 3.8) is 0 Å². The SMILES string of the molecule is O=C(O)CCC(=O)Nc1ccc(C(=O)Nc2ccccc2C(=O)O)cc1. The molecule has 4 N–H and O–H groups in total. The monoisotopic (exact) mass is 356 g/mol. The third-order valence-corrected chi connectivity index (χ3v) is 3.40. The fraction of sp³-hybridized carbons (Fsp3) is 0.111. The topological polar surface area (TPSA) is 133 Å². The number of carboxylic acids is 2. The van der Waals surface area contributed by atoms with Crippen molar-refractivity contribution in [3.8, 4) is 0 Å². The molecule has 0 aliphatic rings. The van der Waals surface area contributed by atoms with Crippen molar-refractivity contribution in [2.75, 3.05) is 10.6 Å². The number of carboxylic acid groups (broad SMARTS) is 2. The summed E-state index contributed by atoms with van der Waals surface area (Å²) in [5, 5.41) is 22.7. The highest BCUT2D eigenvalue weighted by Crippen LogP contribution is 2.17. The summed E-state index contributed by atoms with van der Waals surface area (Å²) < 4.78 is 0. The van der Waals surface area contributed by atoms with Gasteiger partial charge in [-0.3, -0.25) is 14.4 Å². The highest BCUT2D eigenvalue weighted by molar-refractivity contribution is 6.08. The molecule has 0 unspecified atom stereocenters. The second-order valence-corrected chi connectivity index (χ2v) is 5.32. The smallest absolute Gasteiger partial charge is 0.337 e. The summed E-state index contributed by atoms with van der Waals surface area (Å²) in [5.41, 5.74) is 0.843. The maximum Gasteiger partial charge on any atom is 0.337 e. The molecule has 0 saturated carbocycles. The minimum atomic E-state index is -1.15. The van der Waals surface area contributed by atoms with E-state index in [0.29, 0.717) is 5.69 Å². The highest BCUT2D eigenvalue weighted by atomic mass is 16.4. The summed E-state index contributed by atoms with van der Waals surface area (Å²) in [4.78, 5) is 45.4. The molecule has 0 aliphatic carbocycles. The number of rotatable bonds is 7. The predicted molar refractivity (Wildman–Crippen MR) is 93.3 cm³/mol. The minimum absolute atomic E-state index is 0.0248. The normalized spacial score (nSPS) is 10.0. The molecule has 0 fully saturated rings. The van der Waals surface area contributed by atoms with Crippen LogP contribution >= 0.6 is 0 Å². The quantitative estimate of drug-likeness (QED) is 0.602. The van der Waals surface area contributed by atoms with E-state index < -0.39 is 23.8 Å². The fourth-order valence-electron chi connectivity index (χ4n) is 2.12. The molecule has 0 aliphatic heterocycles. The Morgan fingerprint density at radius 2 is 1.46 bits per heavy atom. The number of carbonyl (C=O) groups excluding carboxylic acids is 2. The number of aromatic carboxylic acids is 1. The lowest BCUT2D eigenvalue weighted by Gasteiger charge is -2.09. The van der Waals surface area contributed by atoms with Crippen molar-refractivity contribution in [1.82, 2.24) is 0 Å². The van der Waals surface area contributed by atoms with Crippen molar-refractivity contribution >= 4 is 35.1 Å². The van der Waals surface area contributed by atoms with Gasteiger partial charge < -0.3 is 20.8 Å². The first kappa shape index (κ1) is 18.7. The number of para-hydroxylation sites is 1. The number of nitrogens with one attached hydrogen (secondary N) is 2. The summed E-state index contributed by atoms with van der Waals surface area (Å²) in [5.74, 6) is -3.16. The molecular formula is C18H16N2O6. The maximum absolute atomic E-state index is 12.2. The summed E-state index contributed by atoms with van der Waals surface area (Å²) in [6, 6.07) is 12.0. The molecule has 0 spiro atoms. The number of anilines is 2. The Morgan fingerprint density at radius 1 is 0.808 bits per heavy atom. The van der Waals surface area contributed by atoms with Crippen LogP contribution in [0.4, 0.5) is 11.4 Å². The van der Waals surface area contributed by atoms with Crippen LogP contribution in [-0.4, -0.2) is 34.0 Å². The molecule has 0 saturated heterocycles. The van der Waals surface area contributed by atoms with E-state index in [1.165, 1.54) is 36.4 Å². The van der Waals surface area contributed by atoms with Gasteiger partial charge in [0.15, 0.2) is 0 Å². The number of amides is 2. The molecule has 2 amide bonds. The first-order chi connectivity index (χ1) is 12.4. The first-order valence-corrected chi connectivity index (χ1v) is 7.62. The molecule has 0 bridgehead atoms. The second-order valence-electron chi connectivity index (χ2n) is 5.32. The van der Waals surface area contributed by atoms with Crippen molar-refractivity contribution in [2.45, 2.75) is 12.8 Å². The van der Waals surface area contributed by atoms with Crippen LogP contribution in [0.15, 0.2) is 48.5 Å². The van der Waals surface area contributed by atoms with Gasteiger partial charge >= 0.3 is 11.9 Å². The Kier molecular flexibility index (Phi) is 6.05. The maximum atomic E-state index is 12.2. The van der Waals surface area contributed by atoms with E-state index in [-0.39, 0.29) is 29.7 Å². The molecule has 0 heterocycles. The van der Waals surface area contributed by atoms with Crippen molar-refractivity contribution < 1.29 is 29.4 Å². The number of hydrogen-bond donors (Lipinski definition) is 4. The number of carbonyl (C=O) groups is 4. The molecule has 2 aromatic carbocycles. The zero-order valence-corrected chi connectivity index (χ0v) is 13.6. The van der Waals surface area contributed by atoms with Crippen LogP contribution in [0.3, 0.4) is 0 Å². The number of hydrogen-bond acceptors (Lipinski definition) is 4. The molecule has 26 heavy (non-hydrogen) atoms. The molecule has 134 valence electrons. The van der Waals surface area contributed by atoms with E-state index in [9.17, 15) is 19.2 Å². The third kappa shape index (κ3) is 5.17. The Morgan fingerprint density at radius 3 is 2.08 bits per heavy atom. The van der Waals surface area contributed by atoms with E-state index in [0.717, 1.165) is 0 Å². The lowest BCUT2D eigenvalue weighted by atomic mass is 10.1. The van der Waals surface area contributed by atoms with Gasteiger partial charge in [-0.1, -0.05) is 12.1 Å². The first-order valence-electron chi connectivity index (χ1n) is 7.62. The van der Waals surface area contributed by atoms with E-state index in [1.54, 1.807) is 12.1 Å². The molecule has 0 aromatic heterocycles. The Bertz CT molecular complexity index is 845. The molecular weight excluding hydrogens is 340 g/mol. The van der Waals surface area contributed by atoms with Crippen LogP contribution in [0.2, 0.25) is 0 Å². The zero-order valence-electron chi connectivity index (χ0n) is 13.6. The summed E-state index contributed by atoms with van der Waals surface area (Å²) in [6.45, 7) is 0. The summed E-state index contributed by atoms with van der Waals surface area (Å²) in [7, 11) is 0. The highest BCUT2D eigenvalue weighted by Gasteiger charge is 2.13. The van der Waals surface area contributed by atoms with E-state index >= 15 is 0 Å². The van der Waals surface area contributed by atoms with Gasteiger partial charge in [-0.2, -0.15) is 0 Å². The Balaban J connectivity index is 2.02. The third-order valence-electron chi connectivity index (χ3n) is 3.40. The summed E-state index contributed by atoms with van der Waals surface area (Å²) in [6.07, 6.45) is -0.418. The fourth-order valence-corrected chi connectivity index (χ4v) is 2.12. The second kappa shape index (κ2) is 8.43. The lowest BCUT2D eigenvalue weighted by Crippen LogP contribution is -2.15. The van der Waals surface area contributed by atoms with Gasteiger partial charge in [0.2, 0.25) is 5.91 Å². The van der Waals surface area contributed by atoms with Gasteiger partial charge in [0.1, 0.15) is 0 Å². The Hall–Kier alpha value is -3.68. The van der Waals surface area contributed by atoms with Gasteiger partial charge in [0, 0.05) is 17.7 Å². The van der Waals surface area contributed by atoms with Crippen LogP contribution in [-0.2, 0) is 9.59 Å². The van der Waals surface area contributed by atoms with Crippen LogP contribution in [0.5, 0.6) is 0 Å². The molecule has 0 radical (unpaired) electrons. The number of aliphatic carboxylic acids is 1. The van der Waals surface area contributed by atoms with E-state index in [2.05, 4.69) is 10.6 Å². The minimum Gasteiger partial charge on any atom is -0.481 e. The van der Waals surface area contributed by atoms with E-state index in [4.69, 9.17) is 10.2 Å². The van der Waals surface area contributed by atoms with Crippen LogP contribution in [0, 0.1) is 0 Å². The lowest BCUT2D eigenvalue weighted by molar-refractivity contribution is -0.138. The molecule has 2 aromatic rings.